The average molecular weight is 254 g/mol. The monoisotopic (exact) mass is 253 g/mol. The van der Waals surface area contributed by atoms with Crippen LogP contribution in [-0.2, 0) is 0 Å². The minimum Gasteiger partial charge on any atom is -0.367 e. The van der Waals surface area contributed by atoms with Gasteiger partial charge in [0.15, 0.2) is 0 Å². The van der Waals surface area contributed by atoms with Gasteiger partial charge in [-0.05, 0) is 44.2 Å². The topological polar surface area (TPSA) is 37.8 Å². The first-order valence-electron chi connectivity index (χ1n) is 6.35. The number of aromatic nitrogens is 2. The molecule has 0 aromatic carbocycles. The third-order valence-electron chi connectivity index (χ3n) is 3.80. The number of rotatable bonds is 2. The predicted molar refractivity (Wildman–Crippen MR) is 71.6 cm³/mol. The first-order chi connectivity index (χ1) is 8.08. The second-order valence-corrected chi connectivity index (χ2v) is 5.40. The molecule has 1 aliphatic carbocycles. The third kappa shape index (κ3) is 2.89. The molecule has 1 aromatic rings. The Morgan fingerprint density at radius 2 is 1.88 bits per heavy atom. The van der Waals surface area contributed by atoms with E-state index in [0.717, 1.165) is 17.1 Å². The molecule has 0 spiro atoms. The second-order valence-electron chi connectivity index (χ2n) is 5.06. The molecule has 1 fully saturated rings. The van der Waals surface area contributed by atoms with Crippen LogP contribution in [0.25, 0.3) is 0 Å². The van der Waals surface area contributed by atoms with E-state index >= 15 is 0 Å². The summed E-state index contributed by atoms with van der Waals surface area (Å²) in [5.74, 6) is 1.61. The quantitative estimate of drug-likeness (QED) is 0.816. The van der Waals surface area contributed by atoms with Crippen molar-refractivity contribution in [3.63, 3.8) is 0 Å². The van der Waals surface area contributed by atoms with Crippen molar-refractivity contribution < 1.29 is 0 Å². The van der Waals surface area contributed by atoms with Crippen molar-refractivity contribution in [1.29, 1.82) is 0 Å². The molecule has 0 bridgehead atoms. The van der Waals surface area contributed by atoms with E-state index in [-0.39, 0.29) is 0 Å². The molecule has 0 amide bonds. The summed E-state index contributed by atoms with van der Waals surface area (Å²) in [6, 6.07) is 0.521. The first-order valence-corrected chi connectivity index (χ1v) is 6.73. The van der Waals surface area contributed by atoms with Crippen molar-refractivity contribution in [3.05, 3.63) is 16.5 Å². The van der Waals surface area contributed by atoms with Crippen molar-refractivity contribution in [2.24, 2.45) is 5.92 Å². The zero-order valence-corrected chi connectivity index (χ0v) is 11.5. The predicted octanol–water partition coefficient (Wildman–Crippen LogP) is 3.74. The van der Waals surface area contributed by atoms with E-state index in [4.69, 9.17) is 11.6 Å². The van der Waals surface area contributed by atoms with Crippen LogP contribution in [0.4, 0.5) is 5.82 Å². The minimum absolute atomic E-state index is 0.332. The van der Waals surface area contributed by atoms with Crippen molar-refractivity contribution in [2.75, 3.05) is 5.32 Å². The fraction of sp³-hybridized carbons (Fsp3) is 0.692. The van der Waals surface area contributed by atoms with E-state index in [2.05, 4.69) is 22.2 Å². The molecule has 0 radical (unpaired) electrons. The van der Waals surface area contributed by atoms with Crippen molar-refractivity contribution in [3.8, 4) is 0 Å². The Kier molecular flexibility index (Phi) is 3.87. The van der Waals surface area contributed by atoms with Gasteiger partial charge in [-0.25, -0.2) is 9.97 Å². The lowest BCUT2D eigenvalue weighted by molar-refractivity contribution is 0.349. The molecular weight excluding hydrogens is 234 g/mol. The Labute approximate surface area is 108 Å². The van der Waals surface area contributed by atoms with Gasteiger partial charge < -0.3 is 5.32 Å². The van der Waals surface area contributed by atoms with Gasteiger partial charge in [0.05, 0.1) is 0 Å². The molecule has 2 atom stereocenters. The summed E-state index contributed by atoms with van der Waals surface area (Å²) in [6.45, 7) is 6.32. The van der Waals surface area contributed by atoms with Crippen molar-refractivity contribution in [1.82, 2.24) is 9.97 Å². The van der Waals surface area contributed by atoms with Gasteiger partial charge >= 0.3 is 0 Å². The van der Waals surface area contributed by atoms with Crippen LogP contribution in [0.15, 0.2) is 0 Å². The molecule has 4 heteroatoms. The van der Waals surface area contributed by atoms with Crippen LogP contribution in [0.3, 0.4) is 0 Å². The van der Waals surface area contributed by atoms with Crippen LogP contribution >= 0.6 is 11.6 Å². The molecule has 0 aliphatic heterocycles. The highest BCUT2D eigenvalue weighted by molar-refractivity contribution is 6.28. The maximum Gasteiger partial charge on any atom is 0.224 e. The van der Waals surface area contributed by atoms with Crippen LogP contribution in [0.2, 0.25) is 5.28 Å². The van der Waals surface area contributed by atoms with Gasteiger partial charge in [0.1, 0.15) is 5.82 Å². The lowest BCUT2D eigenvalue weighted by Gasteiger charge is -2.30. The number of hydrogen-bond donors (Lipinski definition) is 1. The smallest absolute Gasteiger partial charge is 0.224 e. The summed E-state index contributed by atoms with van der Waals surface area (Å²) in [5, 5.41) is 3.88. The van der Waals surface area contributed by atoms with Crippen LogP contribution < -0.4 is 5.32 Å². The Hall–Kier alpha value is -0.830. The molecule has 1 heterocycles. The summed E-state index contributed by atoms with van der Waals surface area (Å²) >= 11 is 5.91. The van der Waals surface area contributed by atoms with Gasteiger partial charge in [-0.15, -0.1) is 0 Å². The maximum absolute atomic E-state index is 5.91. The molecule has 3 nitrogen and oxygen atoms in total. The number of halogens is 1. The summed E-state index contributed by atoms with van der Waals surface area (Å²) in [5.41, 5.74) is 2.06. The molecule has 1 aliphatic rings. The molecule has 1 saturated carbocycles. The summed E-state index contributed by atoms with van der Waals surface area (Å²) in [7, 11) is 0. The van der Waals surface area contributed by atoms with E-state index in [9.17, 15) is 0 Å². The minimum atomic E-state index is 0.332. The second kappa shape index (κ2) is 5.21. The number of hydrogen-bond acceptors (Lipinski definition) is 3. The third-order valence-corrected chi connectivity index (χ3v) is 3.96. The molecular formula is C13H20ClN3. The fourth-order valence-corrected chi connectivity index (χ4v) is 2.65. The standard InChI is InChI=1S/C13H20ClN3/c1-8-6-4-5-7-11(8)16-12-9(2)10(3)15-13(14)17-12/h8,11H,4-7H2,1-3H3,(H,15,16,17). The lowest BCUT2D eigenvalue weighted by Crippen LogP contribution is -2.31. The van der Waals surface area contributed by atoms with Crippen LogP contribution in [-0.4, -0.2) is 16.0 Å². The largest absolute Gasteiger partial charge is 0.367 e. The van der Waals surface area contributed by atoms with E-state index in [0.29, 0.717) is 17.2 Å². The van der Waals surface area contributed by atoms with E-state index < -0.39 is 0 Å². The number of aryl methyl sites for hydroxylation is 1. The van der Waals surface area contributed by atoms with E-state index in [1.165, 1.54) is 25.7 Å². The molecule has 0 saturated heterocycles. The molecule has 1 aromatic heterocycles. The van der Waals surface area contributed by atoms with E-state index in [1.807, 2.05) is 13.8 Å². The van der Waals surface area contributed by atoms with Gasteiger partial charge in [0, 0.05) is 17.3 Å². The Morgan fingerprint density at radius 1 is 1.18 bits per heavy atom. The summed E-state index contributed by atoms with van der Waals surface area (Å²) in [4.78, 5) is 8.47. The summed E-state index contributed by atoms with van der Waals surface area (Å²) < 4.78 is 0. The Bertz CT molecular complexity index is 406. The number of nitrogens with one attached hydrogen (secondary N) is 1. The zero-order chi connectivity index (χ0) is 12.4. The van der Waals surface area contributed by atoms with E-state index in [1.54, 1.807) is 0 Å². The van der Waals surface area contributed by atoms with Crippen molar-refractivity contribution >= 4 is 17.4 Å². The van der Waals surface area contributed by atoms with Gasteiger partial charge in [-0.3, -0.25) is 0 Å². The highest BCUT2D eigenvalue weighted by Gasteiger charge is 2.22. The van der Waals surface area contributed by atoms with Crippen LogP contribution in [0, 0.1) is 19.8 Å². The SMILES string of the molecule is Cc1nc(Cl)nc(NC2CCCCC2C)c1C. The van der Waals surface area contributed by atoms with Gasteiger partial charge in [0.2, 0.25) is 5.28 Å². The molecule has 17 heavy (non-hydrogen) atoms. The van der Waals surface area contributed by atoms with Crippen LogP contribution in [0.5, 0.6) is 0 Å². The lowest BCUT2D eigenvalue weighted by atomic mass is 9.86. The fourth-order valence-electron chi connectivity index (χ4n) is 2.44. The van der Waals surface area contributed by atoms with Crippen molar-refractivity contribution in [2.45, 2.75) is 52.5 Å². The molecule has 2 rings (SSSR count). The molecule has 94 valence electrons. The van der Waals surface area contributed by atoms with Gasteiger partial charge in [-0.1, -0.05) is 19.8 Å². The highest BCUT2D eigenvalue weighted by Crippen LogP contribution is 2.28. The first kappa shape index (κ1) is 12.6. The normalized spacial score (nSPS) is 24.7. The molecule has 1 N–H and O–H groups in total. The van der Waals surface area contributed by atoms with Gasteiger partial charge in [-0.2, -0.15) is 0 Å². The molecule has 2 unspecified atom stereocenters. The average Bonchev–Trinajstić information content (AvgIpc) is 2.28. The summed E-state index contributed by atoms with van der Waals surface area (Å²) in [6.07, 6.45) is 5.18. The zero-order valence-electron chi connectivity index (χ0n) is 10.8. The van der Waals surface area contributed by atoms with Crippen LogP contribution in [0.1, 0.15) is 43.9 Å². The number of nitrogens with zero attached hydrogens (tertiary/aromatic N) is 2. The van der Waals surface area contributed by atoms with Gasteiger partial charge in [0.25, 0.3) is 0 Å². The Morgan fingerprint density at radius 3 is 2.59 bits per heavy atom. The number of anilines is 1. The Balaban J connectivity index is 2.17. The highest BCUT2D eigenvalue weighted by atomic mass is 35.5. The maximum atomic E-state index is 5.91.